The molecule has 0 aliphatic carbocycles. The first kappa shape index (κ1) is 15.5. The van der Waals surface area contributed by atoms with Crippen LogP contribution in [0.4, 0.5) is 11.4 Å². The standard InChI is InChI=1S/C18H15N3O3/c1-19-15-9-8-14(13-7-4-10-20-16(13)15)21-17(22)11-5-2-3-6-12(11)18(23)24/h2-10,19H,1H3,(H,21,22)(H,23,24). The summed E-state index contributed by atoms with van der Waals surface area (Å²) < 4.78 is 0. The molecule has 2 aromatic carbocycles. The molecule has 0 spiro atoms. The first-order valence-electron chi connectivity index (χ1n) is 7.31. The van der Waals surface area contributed by atoms with E-state index in [0.717, 1.165) is 16.6 Å². The molecular weight excluding hydrogens is 306 g/mol. The molecular formula is C18H15N3O3. The molecule has 3 aromatic rings. The number of amides is 1. The van der Waals surface area contributed by atoms with Gasteiger partial charge >= 0.3 is 5.97 Å². The third-order valence-corrected chi connectivity index (χ3v) is 3.69. The van der Waals surface area contributed by atoms with Crippen molar-refractivity contribution in [1.29, 1.82) is 0 Å². The number of pyridine rings is 1. The SMILES string of the molecule is CNc1ccc(NC(=O)c2ccccc2C(=O)O)c2cccnc12. The molecule has 3 rings (SSSR count). The predicted molar refractivity (Wildman–Crippen MR) is 92.6 cm³/mol. The van der Waals surface area contributed by atoms with Gasteiger partial charge in [-0.15, -0.1) is 0 Å². The molecule has 120 valence electrons. The van der Waals surface area contributed by atoms with E-state index >= 15 is 0 Å². The number of carboxylic acids is 1. The molecule has 0 unspecified atom stereocenters. The van der Waals surface area contributed by atoms with Gasteiger partial charge in [-0.1, -0.05) is 12.1 Å². The molecule has 3 N–H and O–H groups in total. The Morgan fingerprint density at radius 3 is 2.38 bits per heavy atom. The maximum absolute atomic E-state index is 12.5. The average molecular weight is 321 g/mol. The first-order chi connectivity index (χ1) is 11.6. The van der Waals surface area contributed by atoms with Crippen molar-refractivity contribution in [3.63, 3.8) is 0 Å². The normalized spacial score (nSPS) is 10.4. The molecule has 0 fully saturated rings. The van der Waals surface area contributed by atoms with Gasteiger partial charge in [-0.25, -0.2) is 4.79 Å². The predicted octanol–water partition coefficient (Wildman–Crippen LogP) is 3.23. The van der Waals surface area contributed by atoms with Crippen molar-refractivity contribution < 1.29 is 14.7 Å². The van der Waals surface area contributed by atoms with E-state index in [1.54, 1.807) is 37.5 Å². The molecule has 0 saturated carbocycles. The van der Waals surface area contributed by atoms with Crippen LogP contribution in [-0.4, -0.2) is 29.0 Å². The van der Waals surface area contributed by atoms with Crippen LogP contribution in [0.5, 0.6) is 0 Å². The summed E-state index contributed by atoms with van der Waals surface area (Å²) in [6.07, 6.45) is 1.68. The largest absolute Gasteiger partial charge is 0.478 e. The van der Waals surface area contributed by atoms with Crippen LogP contribution in [0.15, 0.2) is 54.7 Å². The lowest BCUT2D eigenvalue weighted by Crippen LogP contribution is -2.16. The number of anilines is 2. The van der Waals surface area contributed by atoms with Crippen molar-refractivity contribution in [3.05, 3.63) is 65.9 Å². The Balaban J connectivity index is 2.02. The van der Waals surface area contributed by atoms with Gasteiger partial charge in [0, 0.05) is 18.6 Å². The number of rotatable bonds is 4. The summed E-state index contributed by atoms with van der Waals surface area (Å²) in [4.78, 5) is 28.1. The minimum Gasteiger partial charge on any atom is -0.478 e. The molecule has 0 radical (unpaired) electrons. The van der Waals surface area contributed by atoms with Crippen molar-refractivity contribution in [3.8, 4) is 0 Å². The highest BCUT2D eigenvalue weighted by atomic mass is 16.4. The number of aromatic nitrogens is 1. The summed E-state index contributed by atoms with van der Waals surface area (Å²) in [6, 6.07) is 13.3. The fourth-order valence-electron chi connectivity index (χ4n) is 2.54. The minimum absolute atomic E-state index is 0.0377. The topological polar surface area (TPSA) is 91.3 Å². The highest BCUT2D eigenvalue weighted by Crippen LogP contribution is 2.28. The van der Waals surface area contributed by atoms with Crippen LogP contribution in [0.2, 0.25) is 0 Å². The van der Waals surface area contributed by atoms with Gasteiger partial charge in [0.1, 0.15) is 0 Å². The summed E-state index contributed by atoms with van der Waals surface area (Å²) in [7, 11) is 1.80. The van der Waals surface area contributed by atoms with Crippen LogP contribution >= 0.6 is 0 Å². The monoisotopic (exact) mass is 321 g/mol. The van der Waals surface area contributed by atoms with Crippen LogP contribution in [0.1, 0.15) is 20.7 Å². The van der Waals surface area contributed by atoms with Gasteiger partial charge in [0.15, 0.2) is 0 Å². The number of carboxylic acid groups (broad SMARTS) is 1. The second-order valence-electron chi connectivity index (χ2n) is 5.12. The van der Waals surface area contributed by atoms with E-state index in [0.29, 0.717) is 5.69 Å². The van der Waals surface area contributed by atoms with E-state index in [1.165, 1.54) is 12.1 Å². The van der Waals surface area contributed by atoms with Gasteiger partial charge in [-0.05, 0) is 36.4 Å². The molecule has 0 aliphatic rings. The molecule has 6 heteroatoms. The third kappa shape index (κ3) is 2.77. The molecule has 0 bridgehead atoms. The number of aromatic carboxylic acids is 1. The Morgan fingerprint density at radius 2 is 1.67 bits per heavy atom. The number of hydrogen-bond acceptors (Lipinski definition) is 4. The van der Waals surface area contributed by atoms with Crippen LogP contribution in [-0.2, 0) is 0 Å². The summed E-state index contributed by atoms with van der Waals surface area (Å²) >= 11 is 0. The maximum atomic E-state index is 12.5. The van der Waals surface area contributed by atoms with Crippen molar-refractivity contribution in [2.75, 3.05) is 17.7 Å². The number of hydrogen-bond donors (Lipinski definition) is 3. The molecule has 1 amide bonds. The van der Waals surface area contributed by atoms with E-state index in [1.807, 2.05) is 12.1 Å². The quantitative estimate of drug-likeness (QED) is 0.686. The van der Waals surface area contributed by atoms with E-state index in [2.05, 4.69) is 15.6 Å². The minimum atomic E-state index is -1.14. The number of carbonyl (C=O) groups is 2. The molecule has 1 heterocycles. The Bertz CT molecular complexity index is 938. The Morgan fingerprint density at radius 1 is 0.958 bits per heavy atom. The van der Waals surface area contributed by atoms with E-state index < -0.39 is 11.9 Å². The van der Waals surface area contributed by atoms with Gasteiger partial charge in [-0.2, -0.15) is 0 Å². The molecule has 0 aliphatic heterocycles. The number of nitrogens with zero attached hydrogens (tertiary/aromatic N) is 1. The average Bonchev–Trinajstić information content (AvgIpc) is 2.62. The number of carbonyl (C=O) groups excluding carboxylic acids is 1. The second kappa shape index (κ2) is 6.37. The van der Waals surface area contributed by atoms with E-state index in [9.17, 15) is 14.7 Å². The van der Waals surface area contributed by atoms with Gasteiger partial charge in [0.2, 0.25) is 0 Å². The maximum Gasteiger partial charge on any atom is 0.336 e. The fourth-order valence-corrected chi connectivity index (χ4v) is 2.54. The zero-order chi connectivity index (χ0) is 17.1. The van der Waals surface area contributed by atoms with Gasteiger partial charge in [0.25, 0.3) is 5.91 Å². The van der Waals surface area contributed by atoms with Crippen LogP contribution < -0.4 is 10.6 Å². The molecule has 0 saturated heterocycles. The van der Waals surface area contributed by atoms with Gasteiger partial charge in [-0.3, -0.25) is 9.78 Å². The molecule has 6 nitrogen and oxygen atoms in total. The molecule has 24 heavy (non-hydrogen) atoms. The van der Waals surface area contributed by atoms with E-state index in [4.69, 9.17) is 0 Å². The first-order valence-corrected chi connectivity index (χ1v) is 7.31. The fraction of sp³-hybridized carbons (Fsp3) is 0.0556. The smallest absolute Gasteiger partial charge is 0.336 e. The lowest BCUT2D eigenvalue weighted by atomic mass is 10.1. The molecule has 1 aromatic heterocycles. The van der Waals surface area contributed by atoms with E-state index in [-0.39, 0.29) is 11.1 Å². The second-order valence-corrected chi connectivity index (χ2v) is 5.12. The highest BCUT2D eigenvalue weighted by molar-refractivity contribution is 6.14. The summed E-state index contributed by atoms with van der Waals surface area (Å²) in [5, 5.41) is 15.8. The Hall–Kier alpha value is -3.41. The molecule has 0 atom stereocenters. The lowest BCUT2D eigenvalue weighted by Gasteiger charge is -2.12. The van der Waals surface area contributed by atoms with Crippen LogP contribution in [0.25, 0.3) is 10.9 Å². The van der Waals surface area contributed by atoms with Crippen molar-refractivity contribution in [2.24, 2.45) is 0 Å². The summed E-state index contributed by atoms with van der Waals surface area (Å²) in [5.74, 6) is -1.62. The Labute approximate surface area is 138 Å². The van der Waals surface area contributed by atoms with Crippen LogP contribution in [0.3, 0.4) is 0 Å². The van der Waals surface area contributed by atoms with Crippen molar-refractivity contribution in [2.45, 2.75) is 0 Å². The number of fused-ring (bicyclic) bond motifs is 1. The summed E-state index contributed by atoms with van der Waals surface area (Å²) in [5.41, 5.74) is 2.21. The van der Waals surface area contributed by atoms with Crippen molar-refractivity contribution >= 4 is 34.2 Å². The third-order valence-electron chi connectivity index (χ3n) is 3.69. The van der Waals surface area contributed by atoms with Gasteiger partial charge in [0.05, 0.1) is 28.0 Å². The Kier molecular flexibility index (Phi) is 4.11. The number of benzene rings is 2. The van der Waals surface area contributed by atoms with Gasteiger partial charge < -0.3 is 15.7 Å². The summed E-state index contributed by atoms with van der Waals surface area (Å²) in [6.45, 7) is 0. The van der Waals surface area contributed by atoms with Crippen LogP contribution in [0, 0.1) is 0 Å². The zero-order valence-corrected chi connectivity index (χ0v) is 12.9. The zero-order valence-electron chi connectivity index (χ0n) is 12.9. The highest BCUT2D eigenvalue weighted by Gasteiger charge is 2.17. The van der Waals surface area contributed by atoms with Crippen molar-refractivity contribution in [1.82, 2.24) is 4.98 Å². The lowest BCUT2D eigenvalue weighted by molar-refractivity contribution is 0.0692. The number of nitrogens with one attached hydrogen (secondary N) is 2.